The Balaban J connectivity index is 2.27. The van der Waals surface area contributed by atoms with Gasteiger partial charge in [0.1, 0.15) is 5.75 Å². The Kier molecular flexibility index (Phi) is 3.34. The van der Waals surface area contributed by atoms with Crippen molar-refractivity contribution in [2.45, 2.75) is 20.8 Å². The maximum absolute atomic E-state index is 10.8. The molecule has 94 valence electrons. The maximum Gasteiger partial charge on any atom is 0.335 e. The van der Waals surface area contributed by atoms with Crippen LogP contribution in [0.1, 0.15) is 26.5 Å². The summed E-state index contributed by atoms with van der Waals surface area (Å²) in [6.07, 6.45) is 0. The molecule has 0 spiro atoms. The number of aromatic nitrogens is 1. The fraction of sp³-hybridized carbons (Fsp3) is 0.231. The van der Waals surface area contributed by atoms with Crippen LogP contribution in [0.25, 0.3) is 0 Å². The molecule has 4 nitrogen and oxygen atoms in total. The Labute approximate surface area is 109 Å². The Morgan fingerprint density at radius 1 is 1.33 bits per heavy atom. The zero-order chi connectivity index (χ0) is 13.3. The third-order valence-corrected chi connectivity index (χ3v) is 3.58. The lowest BCUT2D eigenvalue weighted by molar-refractivity contribution is 0.0697. The zero-order valence-electron chi connectivity index (χ0n) is 10.4. The molecular weight excluding hydrogens is 250 g/mol. The van der Waals surface area contributed by atoms with E-state index < -0.39 is 5.97 Å². The topological polar surface area (TPSA) is 59.4 Å². The molecule has 0 atom stereocenters. The third kappa shape index (κ3) is 2.51. The molecule has 2 rings (SSSR count). The fourth-order valence-corrected chi connectivity index (χ4v) is 2.25. The molecule has 1 aromatic carbocycles. The van der Waals surface area contributed by atoms with Crippen LogP contribution < -0.4 is 4.74 Å². The molecule has 0 aliphatic rings. The van der Waals surface area contributed by atoms with Gasteiger partial charge in [0, 0.05) is 4.88 Å². The summed E-state index contributed by atoms with van der Waals surface area (Å²) in [4.78, 5) is 16.2. The summed E-state index contributed by atoms with van der Waals surface area (Å²) in [6.45, 7) is 5.73. The lowest BCUT2D eigenvalue weighted by Gasteiger charge is -2.06. The number of carboxylic acids is 1. The van der Waals surface area contributed by atoms with E-state index in [4.69, 9.17) is 9.84 Å². The first-order valence-corrected chi connectivity index (χ1v) is 6.25. The Morgan fingerprint density at radius 3 is 2.56 bits per heavy atom. The highest BCUT2D eigenvalue weighted by atomic mass is 32.1. The van der Waals surface area contributed by atoms with E-state index in [1.54, 1.807) is 12.1 Å². The normalized spacial score (nSPS) is 10.4. The molecule has 1 N–H and O–H groups in total. The number of hydrogen-bond donors (Lipinski definition) is 1. The summed E-state index contributed by atoms with van der Waals surface area (Å²) in [7, 11) is 0. The summed E-state index contributed by atoms with van der Waals surface area (Å²) in [5, 5.41) is 9.46. The van der Waals surface area contributed by atoms with Crippen LogP contribution in [0.3, 0.4) is 0 Å². The maximum atomic E-state index is 10.8. The van der Waals surface area contributed by atoms with Gasteiger partial charge in [-0.2, -0.15) is 0 Å². The molecule has 0 fully saturated rings. The van der Waals surface area contributed by atoms with E-state index in [1.807, 2.05) is 20.8 Å². The van der Waals surface area contributed by atoms with Crippen molar-refractivity contribution in [2.24, 2.45) is 0 Å². The van der Waals surface area contributed by atoms with Crippen LogP contribution in [0, 0.1) is 20.8 Å². The average Bonchev–Trinajstić information content (AvgIpc) is 2.61. The highest BCUT2D eigenvalue weighted by molar-refractivity contribution is 7.13. The summed E-state index contributed by atoms with van der Waals surface area (Å²) in [6, 6.07) is 4.77. The molecule has 0 aliphatic heterocycles. The quantitative estimate of drug-likeness (QED) is 0.919. The number of hydrogen-bond acceptors (Lipinski definition) is 4. The van der Waals surface area contributed by atoms with Crippen LogP contribution in [-0.4, -0.2) is 16.1 Å². The van der Waals surface area contributed by atoms with Crippen molar-refractivity contribution in [1.82, 2.24) is 4.98 Å². The largest absolute Gasteiger partial charge is 0.478 e. The monoisotopic (exact) mass is 263 g/mol. The minimum Gasteiger partial charge on any atom is -0.478 e. The van der Waals surface area contributed by atoms with Gasteiger partial charge in [0.15, 0.2) is 0 Å². The Morgan fingerprint density at radius 2 is 2.06 bits per heavy atom. The first-order chi connectivity index (χ1) is 8.47. The molecule has 1 heterocycles. The van der Waals surface area contributed by atoms with E-state index in [-0.39, 0.29) is 5.56 Å². The molecule has 0 bridgehead atoms. The molecule has 18 heavy (non-hydrogen) atoms. The van der Waals surface area contributed by atoms with Gasteiger partial charge >= 0.3 is 5.97 Å². The summed E-state index contributed by atoms with van der Waals surface area (Å²) < 4.78 is 5.66. The molecule has 0 amide bonds. The van der Waals surface area contributed by atoms with Crippen molar-refractivity contribution in [2.75, 3.05) is 0 Å². The van der Waals surface area contributed by atoms with Crippen LogP contribution in [0.2, 0.25) is 0 Å². The van der Waals surface area contributed by atoms with Crippen LogP contribution >= 0.6 is 11.3 Å². The molecule has 1 aromatic heterocycles. The van der Waals surface area contributed by atoms with Crippen LogP contribution in [0.5, 0.6) is 10.9 Å². The van der Waals surface area contributed by atoms with Gasteiger partial charge in [-0.05, 0) is 44.5 Å². The molecule has 0 saturated carbocycles. The molecule has 0 unspecified atom stereocenters. The molecule has 2 aromatic rings. The first-order valence-electron chi connectivity index (χ1n) is 5.43. The number of carboxylic acid groups (broad SMARTS) is 1. The van der Waals surface area contributed by atoms with Gasteiger partial charge in [0.05, 0.1) is 11.3 Å². The minimum atomic E-state index is -0.939. The number of ether oxygens (including phenoxy) is 1. The van der Waals surface area contributed by atoms with Gasteiger partial charge in [-0.1, -0.05) is 11.3 Å². The molecule has 0 radical (unpaired) electrons. The second-order valence-corrected chi connectivity index (χ2v) is 5.17. The van der Waals surface area contributed by atoms with Crippen molar-refractivity contribution in [3.05, 3.63) is 39.9 Å². The van der Waals surface area contributed by atoms with E-state index in [9.17, 15) is 4.79 Å². The summed E-state index contributed by atoms with van der Waals surface area (Å²) >= 11 is 1.48. The Hall–Kier alpha value is -1.88. The van der Waals surface area contributed by atoms with Gasteiger partial charge in [0.25, 0.3) is 5.19 Å². The van der Waals surface area contributed by atoms with Gasteiger partial charge in [-0.3, -0.25) is 0 Å². The van der Waals surface area contributed by atoms with Gasteiger partial charge < -0.3 is 9.84 Å². The van der Waals surface area contributed by atoms with Gasteiger partial charge in [-0.15, -0.1) is 0 Å². The smallest absolute Gasteiger partial charge is 0.335 e. The number of aromatic carboxylic acids is 1. The average molecular weight is 263 g/mol. The second-order valence-electron chi connectivity index (χ2n) is 4.01. The number of benzene rings is 1. The third-order valence-electron chi connectivity index (χ3n) is 2.63. The van der Waals surface area contributed by atoms with Crippen LogP contribution in [-0.2, 0) is 0 Å². The molecular formula is C13H13NO3S. The fourth-order valence-electron chi connectivity index (χ4n) is 1.48. The van der Waals surface area contributed by atoms with E-state index in [0.717, 1.165) is 16.1 Å². The number of aryl methyl sites for hydroxylation is 3. The minimum absolute atomic E-state index is 0.256. The number of carbonyl (C=O) groups is 1. The van der Waals surface area contributed by atoms with E-state index in [1.165, 1.54) is 17.4 Å². The van der Waals surface area contributed by atoms with Crippen LogP contribution in [0.15, 0.2) is 18.2 Å². The highest BCUT2D eigenvalue weighted by Crippen LogP contribution is 2.30. The van der Waals surface area contributed by atoms with E-state index in [0.29, 0.717) is 10.9 Å². The number of rotatable bonds is 3. The van der Waals surface area contributed by atoms with Crippen molar-refractivity contribution in [1.29, 1.82) is 0 Å². The lowest BCUT2D eigenvalue weighted by atomic mass is 10.1. The van der Waals surface area contributed by atoms with E-state index >= 15 is 0 Å². The predicted molar refractivity (Wildman–Crippen MR) is 69.8 cm³/mol. The predicted octanol–water partition coefficient (Wildman–Crippen LogP) is 3.56. The number of nitrogens with zero attached hydrogens (tertiary/aromatic N) is 1. The number of thiazole rings is 1. The van der Waals surface area contributed by atoms with Crippen molar-refractivity contribution in [3.8, 4) is 10.9 Å². The highest BCUT2D eigenvalue weighted by Gasteiger charge is 2.10. The molecule has 5 heteroatoms. The first kappa shape index (κ1) is 12.6. The van der Waals surface area contributed by atoms with Crippen molar-refractivity contribution >= 4 is 17.3 Å². The molecule has 0 saturated heterocycles. The van der Waals surface area contributed by atoms with E-state index in [2.05, 4.69) is 4.98 Å². The summed E-state index contributed by atoms with van der Waals surface area (Å²) in [5.74, 6) is -0.306. The standard InChI is InChI=1S/C13H13NO3S/c1-7-6-10(12(15)16)4-5-11(7)17-13-14-8(2)9(3)18-13/h4-6H,1-3H3,(H,15,16). The summed E-state index contributed by atoms with van der Waals surface area (Å²) in [5.41, 5.74) is 1.99. The van der Waals surface area contributed by atoms with Crippen LogP contribution in [0.4, 0.5) is 0 Å². The van der Waals surface area contributed by atoms with Gasteiger partial charge in [-0.25, -0.2) is 9.78 Å². The Bertz CT molecular complexity index is 585. The molecule has 0 aliphatic carbocycles. The lowest BCUT2D eigenvalue weighted by Crippen LogP contribution is -1.97. The SMILES string of the molecule is Cc1cc(C(=O)O)ccc1Oc1nc(C)c(C)s1. The van der Waals surface area contributed by atoms with Crippen molar-refractivity contribution < 1.29 is 14.6 Å². The zero-order valence-corrected chi connectivity index (χ0v) is 11.2. The van der Waals surface area contributed by atoms with Crippen molar-refractivity contribution in [3.63, 3.8) is 0 Å². The van der Waals surface area contributed by atoms with Gasteiger partial charge in [0.2, 0.25) is 0 Å². The second kappa shape index (κ2) is 4.78.